The number of hydrogen-bond acceptors (Lipinski definition) is 4. The van der Waals surface area contributed by atoms with Crippen molar-refractivity contribution in [3.8, 4) is 0 Å². The Labute approximate surface area is 144 Å². The largest absolute Gasteiger partial charge is 0.478 e. The fourth-order valence-corrected chi connectivity index (χ4v) is 3.42. The Morgan fingerprint density at radius 2 is 1.75 bits per heavy atom. The summed E-state index contributed by atoms with van der Waals surface area (Å²) in [6.07, 6.45) is 0. The van der Waals surface area contributed by atoms with Crippen molar-refractivity contribution in [3.05, 3.63) is 64.7 Å². The van der Waals surface area contributed by atoms with Crippen molar-refractivity contribution in [2.45, 2.75) is 5.75 Å². The molecule has 2 aromatic carbocycles. The molecule has 0 fully saturated rings. The monoisotopic (exact) mass is 367 g/mol. The molecule has 0 aliphatic carbocycles. The number of anilines is 1. The molecule has 0 aliphatic rings. The van der Waals surface area contributed by atoms with E-state index in [0.717, 1.165) is 0 Å². The molecule has 2 rings (SSSR count). The maximum atomic E-state index is 12.1. The van der Waals surface area contributed by atoms with Crippen LogP contribution >= 0.6 is 11.6 Å². The zero-order valence-electron chi connectivity index (χ0n) is 12.4. The molecule has 0 heterocycles. The van der Waals surface area contributed by atoms with E-state index in [-0.39, 0.29) is 5.56 Å². The van der Waals surface area contributed by atoms with Crippen molar-refractivity contribution in [1.29, 1.82) is 0 Å². The summed E-state index contributed by atoms with van der Waals surface area (Å²) in [5.74, 6) is -2.93. The highest BCUT2D eigenvalue weighted by molar-refractivity contribution is 7.91. The third kappa shape index (κ3) is 5.36. The lowest BCUT2D eigenvalue weighted by Gasteiger charge is -2.07. The number of hydrogen-bond donors (Lipinski definition) is 2. The first-order valence-corrected chi connectivity index (χ1v) is 9.03. The molecule has 0 atom stereocenters. The molecule has 2 aromatic rings. The van der Waals surface area contributed by atoms with Gasteiger partial charge in [0.15, 0.2) is 9.84 Å². The highest BCUT2D eigenvalue weighted by atomic mass is 35.5. The Bertz CT molecular complexity index is 862. The summed E-state index contributed by atoms with van der Waals surface area (Å²) in [7, 11) is -3.74. The molecule has 0 aliphatic heterocycles. The van der Waals surface area contributed by atoms with Crippen LogP contribution < -0.4 is 5.32 Å². The average molecular weight is 368 g/mol. The van der Waals surface area contributed by atoms with Crippen molar-refractivity contribution in [2.24, 2.45) is 0 Å². The molecule has 6 nitrogen and oxygen atoms in total. The molecule has 0 saturated carbocycles. The van der Waals surface area contributed by atoms with E-state index in [1.807, 2.05) is 0 Å². The maximum Gasteiger partial charge on any atom is 0.335 e. The number of sulfone groups is 1. The molecular formula is C16H14ClNO5S. The normalized spacial score (nSPS) is 11.0. The van der Waals surface area contributed by atoms with Gasteiger partial charge in [-0.05, 0) is 42.0 Å². The van der Waals surface area contributed by atoms with E-state index in [1.54, 1.807) is 24.3 Å². The van der Waals surface area contributed by atoms with Gasteiger partial charge >= 0.3 is 5.97 Å². The van der Waals surface area contributed by atoms with Gasteiger partial charge in [-0.2, -0.15) is 0 Å². The van der Waals surface area contributed by atoms with Crippen LogP contribution in [0, 0.1) is 0 Å². The van der Waals surface area contributed by atoms with Crippen LogP contribution in [0.15, 0.2) is 48.5 Å². The molecule has 0 bridgehead atoms. The molecular weight excluding hydrogens is 354 g/mol. The molecule has 1 amide bonds. The van der Waals surface area contributed by atoms with E-state index in [4.69, 9.17) is 16.7 Å². The van der Waals surface area contributed by atoms with Gasteiger partial charge in [-0.25, -0.2) is 13.2 Å². The number of carbonyl (C=O) groups is 2. The van der Waals surface area contributed by atoms with Crippen molar-refractivity contribution in [1.82, 2.24) is 0 Å². The minimum atomic E-state index is -3.74. The molecule has 0 unspecified atom stereocenters. The maximum absolute atomic E-state index is 12.1. The number of benzene rings is 2. The minimum Gasteiger partial charge on any atom is -0.478 e. The van der Waals surface area contributed by atoms with Crippen LogP contribution in [0.1, 0.15) is 15.9 Å². The first-order valence-electron chi connectivity index (χ1n) is 6.83. The van der Waals surface area contributed by atoms with Gasteiger partial charge in [0.2, 0.25) is 5.91 Å². The summed E-state index contributed by atoms with van der Waals surface area (Å²) in [5.41, 5.74) is 0.745. The number of amides is 1. The fourth-order valence-electron chi connectivity index (χ4n) is 2.03. The number of halogens is 1. The summed E-state index contributed by atoms with van der Waals surface area (Å²) in [4.78, 5) is 22.8. The predicted octanol–water partition coefficient (Wildman–Crippen LogP) is 2.59. The fraction of sp³-hybridized carbons (Fsp3) is 0.125. The van der Waals surface area contributed by atoms with Crippen LogP contribution in [0.3, 0.4) is 0 Å². The Kier molecular flexibility index (Phi) is 5.58. The van der Waals surface area contributed by atoms with Crippen molar-refractivity contribution in [2.75, 3.05) is 11.1 Å². The van der Waals surface area contributed by atoms with E-state index in [1.165, 1.54) is 24.3 Å². The van der Waals surface area contributed by atoms with Crippen LogP contribution in [0.5, 0.6) is 0 Å². The summed E-state index contributed by atoms with van der Waals surface area (Å²) < 4.78 is 24.2. The number of aromatic carboxylic acids is 1. The molecule has 24 heavy (non-hydrogen) atoms. The van der Waals surface area contributed by atoms with Gasteiger partial charge in [0.25, 0.3) is 0 Å². The van der Waals surface area contributed by atoms with Gasteiger partial charge in [-0.1, -0.05) is 23.7 Å². The van der Waals surface area contributed by atoms with Gasteiger partial charge in [-0.15, -0.1) is 0 Å². The molecule has 2 N–H and O–H groups in total. The molecule has 8 heteroatoms. The second-order valence-electron chi connectivity index (χ2n) is 5.09. The molecule has 0 aromatic heterocycles. The smallest absolute Gasteiger partial charge is 0.335 e. The zero-order chi connectivity index (χ0) is 17.7. The number of carbonyl (C=O) groups excluding carboxylic acids is 1. The van der Waals surface area contributed by atoms with Crippen LogP contribution in [-0.2, 0) is 20.4 Å². The van der Waals surface area contributed by atoms with E-state index in [9.17, 15) is 18.0 Å². The van der Waals surface area contributed by atoms with Gasteiger partial charge in [-0.3, -0.25) is 4.79 Å². The Morgan fingerprint density at radius 3 is 2.38 bits per heavy atom. The number of rotatable bonds is 6. The Morgan fingerprint density at radius 1 is 1.08 bits per heavy atom. The SMILES string of the molecule is O=C(CS(=O)(=O)Cc1cccc(C(=O)O)c1)Nc1ccc(Cl)cc1. The first-order chi connectivity index (χ1) is 11.2. The first kappa shape index (κ1) is 18.0. The summed E-state index contributed by atoms with van der Waals surface area (Å²) >= 11 is 5.73. The lowest BCUT2D eigenvalue weighted by Crippen LogP contribution is -2.24. The topological polar surface area (TPSA) is 101 Å². The second kappa shape index (κ2) is 7.46. The molecule has 0 radical (unpaired) electrons. The van der Waals surface area contributed by atoms with Gasteiger partial charge in [0, 0.05) is 10.7 Å². The number of carboxylic acid groups (broad SMARTS) is 1. The van der Waals surface area contributed by atoms with E-state index >= 15 is 0 Å². The summed E-state index contributed by atoms with van der Waals surface area (Å²) in [6.45, 7) is 0. The quantitative estimate of drug-likeness (QED) is 0.817. The minimum absolute atomic E-state index is 0.00619. The number of carboxylic acids is 1. The third-order valence-corrected chi connectivity index (χ3v) is 4.77. The zero-order valence-corrected chi connectivity index (χ0v) is 14.0. The van der Waals surface area contributed by atoms with Crippen molar-refractivity contribution < 1.29 is 23.1 Å². The van der Waals surface area contributed by atoms with Crippen LogP contribution in [0.2, 0.25) is 5.02 Å². The van der Waals surface area contributed by atoms with E-state index in [0.29, 0.717) is 16.3 Å². The third-order valence-electron chi connectivity index (χ3n) is 3.04. The highest BCUT2D eigenvalue weighted by Gasteiger charge is 2.18. The van der Waals surface area contributed by atoms with Gasteiger partial charge < -0.3 is 10.4 Å². The summed E-state index contributed by atoms with van der Waals surface area (Å²) in [6, 6.07) is 11.9. The summed E-state index contributed by atoms with van der Waals surface area (Å²) in [5, 5.41) is 11.9. The Hall–Kier alpha value is -2.38. The van der Waals surface area contributed by atoms with Crippen LogP contribution in [-0.4, -0.2) is 31.2 Å². The van der Waals surface area contributed by atoms with Crippen LogP contribution in [0.25, 0.3) is 0 Å². The highest BCUT2D eigenvalue weighted by Crippen LogP contribution is 2.14. The van der Waals surface area contributed by atoms with Crippen LogP contribution in [0.4, 0.5) is 5.69 Å². The molecule has 0 spiro atoms. The van der Waals surface area contributed by atoms with E-state index in [2.05, 4.69) is 5.32 Å². The molecule has 0 saturated heterocycles. The lowest BCUT2D eigenvalue weighted by atomic mass is 10.1. The number of nitrogens with one attached hydrogen (secondary N) is 1. The standard InChI is InChI=1S/C16H14ClNO5S/c17-13-4-6-14(7-5-13)18-15(19)10-24(22,23)9-11-2-1-3-12(8-11)16(20)21/h1-8H,9-10H2,(H,18,19)(H,20,21). The van der Waals surface area contributed by atoms with Gasteiger partial charge in [0.1, 0.15) is 5.75 Å². The van der Waals surface area contributed by atoms with Crippen molar-refractivity contribution in [3.63, 3.8) is 0 Å². The predicted molar refractivity (Wildman–Crippen MR) is 91.0 cm³/mol. The lowest BCUT2D eigenvalue weighted by molar-refractivity contribution is -0.113. The molecule has 126 valence electrons. The average Bonchev–Trinajstić information content (AvgIpc) is 2.48. The van der Waals surface area contributed by atoms with E-state index < -0.39 is 33.2 Å². The van der Waals surface area contributed by atoms with Gasteiger partial charge in [0.05, 0.1) is 11.3 Å². The second-order valence-corrected chi connectivity index (χ2v) is 7.59. The Balaban J connectivity index is 2.02. The van der Waals surface area contributed by atoms with Crippen molar-refractivity contribution >= 4 is 39.0 Å².